The summed E-state index contributed by atoms with van der Waals surface area (Å²) in [6.45, 7) is 2.80. The smallest absolute Gasteiger partial charge is 0.343 e. The lowest BCUT2D eigenvalue weighted by atomic mass is 10.2. The molecule has 0 spiro atoms. The number of nitrogens with zero attached hydrogens (tertiary/aromatic N) is 7. The summed E-state index contributed by atoms with van der Waals surface area (Å²) in [5, 5.41) is 19.4. The van der Waals surface area contributed by atoms with E-state index in [9.17, 15) is 14.0 Å². The van der Waals surface area contributed by atoms with E-state index in [1.54, 1.807) is 30.8 Å². The van der Waals surface area contributed by atoms with Gasteiger partial charge in [-0.3, -0.25) is 9.79 Å². The van der Waals surface area contributed by atoms with E-state index in [1.165, 1.54) is 53.0 Å². The number of hydrazone groups is 1. The standard InChI is InChI=1S/C25H22FN9O5S2/c1-2-38-19-11-14(3-8-18(19)39-24(37)15-4-6-16(26)7-5-15)12-29-31-23(36)20-17(13-42-25-28-9-10-41-25)35(34-30-20)22-21(27)32-40-33-22/h3-8,11-12H,2,9-10,13H2,1H3,(H2,27,32)(H,31,36)/b29-12+. The summed E-state index contributed by atoms with van der Waals surface area (Å²) in [5.74, 6) is -0.0433. The van der Waals surface area contributed by atoms with Gasteiger partial charge in [-0.05, 0) is 65.3 Å². The molecular weight excluding hydrogens is 589 g/mol. The minimum absolute atomic E-state index is 0.00343. The molecule has 0 saturated carbocycles. The molecule has 0 fully saturated rings. The Hall–Kier alpha value is -4.77. The number of nitrogen functional groups attached to an aromatic ring is 1. The van der Waals surface area contributed by atoms with Crippen LogP contribution in [0, 0.1) is 5.82 Å². The van der Waals surface area contributed by atoms with Gasteiger partial charge in [-0.25, -0.2) is 19.2 Å². The Morgan fingerprint density at radius 2 is 2.07 bits per heavy atom. The number of benzene rings is 2. The van der Waals surface area contributed by atoms with Gasteiger partial charge in [-0.1, -0.05) is 28.7 Å². The molecule has 0 bridgehead atoms. The number of halogens is 1. The summed E-state index contributed by atoms with van der Waals surface area (Å²) in [7, 11) is 0. The fraction of sp³-hybridized carbons (Fsp3) is 0.200. The number of rotatable bonds is 10. The number of nitrogens with two attached hydrogens (primary N) is 1. The molecule has 216 valence electrons. The van der Waals surface area contributed by atoms with Crippen LogP contribution >= 0.6 is 23.5 Å². The maximum atomic E-state index is 13.2. The monoisotopic (exact) mass is 611 g/mol. The summed E-state index contributed by atoms with van der Waals surface area (Å²) < 4.78 is 31.1. The quantitative estimate of drug-likeness (QED) is 0.116. The molecule has 1 amide bonds. The SMILES string of the molecule is CCOc1cc(/C=N/NC(=O)c2nnn(-c3nonc3N)c2CSC2=NCCS2)ccc1OC(=O)c1ccc(F)cc1. The van der Waals surface area contributed by atoms with E-state index in [4.69, 9.17) is 15.2 Å². The van der Waals surface area contributed by atoms with Crippen LogP contribution in [0.25, 0.3) is 5.82 Å². The fourth-order valence-electron chi connectivity index (χ4n) is 3.57. The third kappa shape index (κ3) is 6.74. The molecular formula is C25H22FN9O5S2. The van der Waals surface area contributed by atoms with E-state index in [0.29, 0.717) is 23.6 Å². The average molecular weight is 612 g/mol. The molecule has 2 aromatic carbocycles. The molecule has 1 aliphatic rings. The van der Waals surface area contributed by atoms with Crippen molar-refractivity contribution in [1.29, 1.82) is 0 Å². The maximum Gasteiger partial charge on any atom is 0.343 e. The summed E-state index contributed by atoms with van der Waals surface area (Å²) in [4.78, 5) is 29.9. The first-order valence-corrected chi connectivity index (χ1v) is 14.3. The van der Waals surface area contributed by atoms with E-state index >= 15 is 0 Å². The van der Waals surface area contributed by atoms with Crippen molar-refractivity contribution in [3.05, 3.63) is 70.8 Å². The van der Waals surface area contributed by atoms with Crippen LogP contribution in [0.4, 0.5) is 10.2 Å². The number of nitrogens with one attached hydrogen (secondary N) is 1. The minimum atomic E-state index is -0.673. The Labute approximate surface area is 245 Å². The summed E-state index contributed by atoms with van der Waals surface area (Å²) in [6, 6.07) is 9.71. The normalized spacial score (nSPS) is 12.9. The van der Waals surface area contributed by atoms with Gasteiger partial charge in [-0.15, -0.1) is 5.10 Å². The van der Waals surface area contributed by atoms with Gasteiger partial charge in [-0.2, -0.15) is 9.78 Å². The van der Waals surface area contributed by atoms with Gasteiger partial charge in [0.2, 0.25) is 11.6 Å². The zero-order valence-corrected chi connectivity index (χ0v) is 23.5. The van der Waals surface area contributed by atoms with E-state index in [1.807, 2.05) is 0 Å². The van der Waals surface area contributed by atoms with Crippen molar-refractivity contribution in [2.75, 3.05) is 24.6 Å². The van der Waals surface area contributed by atoms with Crippen molar-refractivity contribution >= 4 is 51.8 Å². The number of aliphatic imine (C=N–C) groups is 1. The lowest BCUT2D eigenvalue weighted by molar-refractivity contribution is 0.0728. The van der Waals surface area contributed by atoms with Crippen molar-refractivity contribution in [3.8, 4) is 17.3 Å². The Balaban J connectivity index is 1.30. The van der Waals surface area contributed by atoms with Crippen LogP contribution in [-0.4, -0.2) is 66.7 Å². The Morgan fingerprint density at radius 1 is 1.24 bits per heavy atom. The molecule has 0 atom stereocenters. The van der Waals surface area contributed by atoms with Gasteiger partial charge in [0.05, 0.1) is 30.6 Å². The van der Waals surface area contributed by atoms with Gasteiger partial charge in [0, 0.05) is 11.5 Å². The van der Waals surface area contributed by atoms with Crippen molar-refractivity contribution < 1.29 is 28.1 Å². The Bertz CT molecular complexity index is 1660. The van der Waals surface area contributed by atoms with Gasteiger partial charge in [0.1, 0.15) is 10.2 Å². The molecule has 17 heteroatoms. The number of ether oxygens (including phenoxy) is 2. The van der Waals surface area contributed by atoms with Gasteiger partial charge >= 0.3 is 5.97 Å². The predicted octanol–water partition coefficient (Wildman–Crippen LogP) is 3.09. The summed E-state index contributed by atoms with van der Waals surface area (Å²) in [5.41, 5.74) is 9.39. The highest BCUT2D eigenvalue weighted by Gasteiger charge is 2.25. The van der Waals surface area contributed by atoms with Gasteiger partial charge < -0.3 is 15.2 Å². The second-order valence-corrected chi connectivity index (χ2v) is 10.6. The first-order chi connectivity index (χ1) is 20.4. The number of thioether (sulfide) groups is 2. The average Bonchev–Trinajstić information content (AvgIpc) is 3.75. The molecule has 3 N–H and O–H groups in total. The molecule has 14 nitrogen and oxygen atoms in total. The molecule has 0 saturated heterocycles. The number of carbonyl (C=O) groups is 2. The minimum Gasteiger partial charge on any atom is -0.490 e. The molecule has 0 radical (unpaired) electrons. The number of esters is 1. The number of hydrogen-bond acceptors (Lipinski definition) is 14. The summed E-state index contributed by atoms with van der Waals surface area (Å²) >= 11 is 3.05. The molecule has 1 aliphatic heterocycles. The molecule has 4 aromatic rings. The number of anilines is 1. The number of aromatic nitrogens is 5. The van der Waals surface area contributed by atoms with Crippen LogP contribution in [0.5, 0.6) is 11.5 Å². The molecule has 0 unspecified atom stereocenters. The van der Waals surface area contributed by atoms with Crippen LogP contribution in [0.15, 0.2) is 57.2 Å². The predicted molar refractivity (Wildman–Crippen MR) is 154 cm³/mol. The number of carbonyl (C=O) groups excluding carboxylic acids is 2. The lowest BCUT2D eigenvalue weighted by Gasteiger charge is -2.11. The van der Waals surface area contributed by atoms with Crippen molar-refractivity contribution in [3.63, 3.8) is 0 Å². The second-order valence-electron chi connectivity index (χ2n) is 8.29. The molecule has 0 aliphatic carbocycles. The highest BCUT2D eigenvalue weighted by molar-refractivity contribution is 8.38. The van der Waals surface area contributed by atoms with Crippen molar-refractivity contribution in [1.82, 2.24) is 30.7 Å². The highest BCUT2D eigenvalue weighted by atomic mass is 32.2. The van der Waals surface area contributed by atoms with E-state index in [0.717, 1.165) is 16.7 Å². The molecule has 3 heterocycles. The molecule has 42 heavy (non-hydrogen) atoms. The Kier molecular flexibility index (Phi) is 9.08. The van der Waals surface area contributed by atoms with Crippen LogP contribution < -0.4 is 20.6 Å². The number of amides is 1. The van der Waals surface area contributed by atoms with Crippen molar-refractivity contribution in [2.45, 2.75) is 12.7 Å². The highest BCUT2D eigenvalue weighted by Crippen LogP contribution is 2.29. The first kappa shape index (κ1) is 28.7. The van der Waals surface area contributed by atoms with E-state index in [2.05, 4.69) is 40.8 Å². The molecule has 5 rings (SSSR count). The third-order valence-corrected chi connectivity index (χ3v) is 7.76. The zero-order chi connectivity index (χ0) is 29.5. The second kappa shape index (κ2) is 13.3. The first-order valence-electron chi connectivity index (χ1n) is 12.3. The van der Waals surface area contributed by atoms with E-state index in [-0.39, 0.29) is 34.4 Å². The van der Waals surface area contributed by atoms with Crippen LogP contribution in [0.3, 0.4) is 0 Å². The maximum absolute atomic E-state index is 13.2. The van der Waals surface area contributed by atoms with E-state index < -0.39 is 17.7 Å². The van der Waals surface area contributed by atoms with Gasteiger partial charge in [0.25, 0.3) is 5.91 Å². The Morgan fingerprint density at radius 3 is 2.79 bits per heavy atom. The van der Waals surface area contributed by atoms with Gasteiger partial charge in [0.15, 0.2) is 17.2 Å². The summed E-state index contributed by atoms with van der Waals surface area (Å²) in [6.07, 6.45) is 1.38. The fourth-order valence-corrected chi connectivity index (χ4v) is 5.57. The van der Waals surface area contributed by atoms with Crippen LogP contribution in [-0.2, 0) is 5.75 Å². The topological polar surface area (TPSA) is 185 Å². The third-order valence-electron chi connectivity index (χ3n) is 5.49. The van der Waals surface area contributed by atoms with Crippen LogP contribution in [0.2, 0.25) is 0 Å². The van der Waals surface area contributed by atoms with Crippen LogP contribution in [0.1, 0.15) is 39.0 Å². The largest absolute Gasteiger partial charge is 0.490 e. The molecule has 2 aromatic heterocycles. The number of hydrogen-bond donors (Lipinski definition) is 2. The zero-order valence-electron chi connectivity index (χ0n) is 21.9. The van der Waals surface area contributed by atoms with Crippen molar-refractivity contribution in [2.24, 2.45) is 10.1 Å². The lowest BCUT2D eigenvalue weighted by Crippen LogP contribution is -2.20.